The Morgan fingerprint density at radius 3 is 2.40 bits per heavy atom. The van der Waals surface area contributed by atoms with E-state index in [2.05, 4.69) is 5.32 Å². The lowest BCUT2D eigenvalue weighted by atomic mass is 10.1. The average molecular weight is 313 g/mol. The predicted molar refractivity (Wildman–Crippen MR) is 66.5 cm³/mol. The summed E-state index contributed by atoms with van der Waals surface area (Å²) in [4.78, 5) is -1.02. The van der Waals surface area contributed by atoms with Crippen molar-refractivity contribution in [3.8, 4) is 0 Å². The number of hydrogen-bond donors (Lipinski definition) is 1. The minimum atomic E-state index is -5.56. The van der Waals surface area contributed by atoms with Crippen LogP contribution in [0.3, 0.4) is 0 Å². The topological polar surface area (TPSA) is 46.2 Å². The van der Waals surface area contributed by atoms with Crippen molar-refractivity contribution in [2.45, 2.75) is 36.7 Å². The summed E-state index contributed by atoms with van der Waals surface area (Å²) in [6, 6.07) is 2.20. The van der Waals surface area contributed by atoms with Crippen molar-refractivity contribution >= 4 is 9.84 Å². The molecule has 3 nitrogen and oxygen atoms in total. The van der Waals surface area contributed by atoms with E-state index in [1.807, 2.05) is 6.92 Å². The third kappa shape index (κ3) is 3.69. The predicted octanol–water partition coefficient (Wildman–Crippen LogP) is 2.66. The SMILES string of the molecule is CCNC(C)Cc1ccc(F)cc1S(=O)(=O)C(F)(F)F. The lowest BCUT2D eigenvalue weighted by Crippen LogP contribution is -2.30. The molecule has 0 aliphatic heterocycles. The van der Waals surface area contributed by atoms with Crippen LogP contribution in [0.15, 0.2) is 23.1 Å². The molecule has 20 heavy (non-hydrogen) atoms. The molecule has 0 radical (unpaired) electrons. The normalized spacial score (nSPS) is 14.3. The van der Waals surface area contributed by atoms with Crippen molar-refractivity contribution in [2.75, 3.05) is 6.54 Å². The van der Waals surface area contributed by atoms with Crippen molar-refractivity contribution in [1.29, 1.82) is 0 Å². The third-order valence-electron chi connectivity index (χ3n) is 2.70. The van der Waals surface area contributed by atoms with Crippen LogP contribution < -0.4 is 5.32 Å². The molecule has 0 aromatic heterocycles. The van der Waals surface area contributed by atoms with E-state index in [1.165, 1.54) is 0 Å². The highest BCUT2D eigenvalue weighted by Crippen LogP contribution is 2.33. The summed E-state index contributed by atoms with van der Waals surface area (Å²) in [6.07, 6.45) is 0.0543. The smallest absolute Gasteiger partial charge is 0.314 e. The second-order valence-electron chi connectivity index (χ2n) is 4.36. The highest BCUT2D eigenvalue weighted by molar-refractivity contribution is 7.92. The van der Waals surface area contributed by atoms with Gasteiger partial charge in [-0.3, -0.25) is 0 Å². The fourth-order valence-corrected chi connectivity index (χ4v) is 2.84. The van der Waals surface area contributed by atoms with Gasteiger partial charge in [0.05, 0.1) is 4.90 Å². The van der Waals surface area contributed by atoms with E-state index in [0.717, 1.165) is 12.1 Å². The molecule has 1 unspecified atom stereocenters. The fourth-order valence-electron chi connectivity index (χ4n) is 1.82. The van der Waals surface area contributed by atoms with Crippen LogP contribution in [0.4, 0.5) is 17.6 Å². The summed E-state index contributed by atoms with van der Waals surface area (Å²) >= 11 is 0. The monoisotopic (exact) mass is 313 g/mol. The first-order chi connectivity index (χ1) is 9.09. The van der Waals surface area contributed by atoms with Crippen molar-refractivity contribution < 1.29 is 26.0 Å². The summed E-state index contributed by atoms with van der Waals surface area (Å²) < 4.78 is 73.8. The standard InChI is InChI=1S/C12H15F4NO2S/c1-3-17-8(2)6-9-4-5-10(13)7-11(9)20(18,19)12(14,15)16/h4-5,7-8,17H,3,6H2,1-2H3. The molecule has 0 saturated heterocycles. The van der Waals surface area contributed by atoms with Gasteiger partial charge in [-0.05, 0) is 37.6 Å². The van der Waals surface area contributed by atoms with Gasteiger partial charge in [-0.2, -0.15) is 13.2 Å². The maximum absolute atomic E-state index is 13.1. The Morgan fingerprint density at radius 1 is 1.30 bits per heavy atom. The van der Waals surface area contributed by atoms with Gasteiger partial charge in [-0.25, -0.2) is 12.8 Å². The number of alkyl halides is 3. The van der Waals surface area contributed by atoms with Crippen LogP contribution in [-0.4, -0.2) is 26.5 Å². The molecule has 0 saturated carbocycles. The Hall–Kier alpha value is -1.15. The number of rotatable bonds is 5. The van der Waals surface area contributed by atoms with Crippen LogP contribution in [0.2, 0.25) is 0 Å². The summed E-state index contributed by atoms with van der Waals surface area (Å²) in [7, 11) is -5.56. The Balaban J connectivity index is 3.29. The Labute approximate surface area is 114 Å². The zero-order chi connectivity index (χ0) is 15.6. The zero-order valence-corrected chi connectivity index (χ0v) is 11.8. The molecule has 0 fully saturated rings. The molecule has 0 amide bonds. The van der Waals surface area contributed by atoms with E-state index in [0.29, 0.717) is 12.6 Å². The molecule has 1 rings (SSSR count). The summed E-state index contributed by atoms with van der Waals surface area (Å²) in [5.41, 5.74) is -5.51. The van der Waals surface area contributed by atoms with Crippen LogP contribution in [0.1, 0.15) is 19.4 Å². The van der Waals surface area contributed by atoms with Gasteiger partial charge in [0.15, 0.2) is 0 Å². The van der Waals surface area contributed by atoms with Crippen LogP contribution in [0.25, 0.3) is 0 Å². The fraction of sp³-hybridized carbons (Fsp3) is 0.500. The second-order valence-corrected chi connectivity index (χ2v) is 6.27. The number of hydrogen-bond acceptors (Lipinski definition) is 3. The quantitative estimate of drug-likeness (QED) is 0.850. The highest BCUT2D eigenvalue weighted by Gasteiger charge is 2.48. The molecule has 114 valence electrons. The summed E-state index contributed by atoms with van der Waals surface area (Å²) in [6.45, 7) is 4.11. The van der Waals surface area contributed by atoms with Gasteiger partial charge in [0.25, 0.3) is 9.84 Å². The van der Waals surface area contributed by atoms with E-state index < -0.39 is 26.1 Å². The molecular formula is C12H15F4NO2S. The Bertz CT molecular complexity index is 569. The maximum Gasteiger partial charge on any atom is 0.501 e. The van der Waals surface area contributed by atoms with Crippen molar-refractivity contribution in [2.24, 2.45) is 0 Å². The molecule has 1 atom stereocenters. The minimum Gasteiger partial charge on any atom is -0.314 e. The lowest BCUT2D eigenvalue weighted by Gasteiger charge is -2.16. The summed E-state index contributed by atoms with van der Waals surface area (Å²) in [5, 5.41) is 2.96. The molecule has 1 aromatic rings. The first-order valence-corrected chi connectivity index (χ1v) is 7.41. The third-order valence-corrected chi connectivity index (χ3v) is 4.27. The Morgan fingerprint density at radius 2 is 1.90 bits per heavy atom. The molecular weight excluding hydrogens is 298 g/mol. The molecule has 0 spiro atoms. The van der Waals surface area contributed by atoms with Gasteiger partial charge < -0.3 is 5.32 Å². The van der Waals surface area contributed by atoms with E-state index in [4.69, 9.17) is 0 Å². The largest absolute Gasteiger partial charge is 0.501 e. The van der Waals surface area contributed by atoms with Crippen molar-refractivity contribution in [1.82, 2.24) is 5.32 Å². The summed E-state index contributed by atoms with van der Waals surface area (Å²) in [5.74, 6) is -1.02. The molecule has 0 aliphatic carbocycles. The molecule has 1 aromatic carbocycles. The second kappa shape index (κ2) is 6.09. The lowest BCUT2D eigenvalue weighted by molar-refractivity contribution is -0.0436. The van der Waals surface area contributed by atoms with Crippen LogP contribution in [0.5, 0.6) is 0 Å². The average Bonchev–Trinajstić information content (AvgIpc) is 2.30. The van der Waals surface area contributed by atoms with Gasteiger partial charge in [-0.15, -0.1) is 0 Å². The minimum absolute atomic E-state index is 0.0543. The van der Waals surface area contributed by atoms with E-state index >= 15 is 0 Å². The molecule has 0 bridgehead atoms. The van der Waals surface area contributed by atoms with E-state index in [9.17, 15) is 26.0 Å². The van der Waals surface area contributed by atoms with Gasteiger partial charge >= 0.3 is 5.51 Å². The molecule has 0 heterocycles. The highest BCUT2D eigenvalue weighted by atomic mass is 32.2. The number of likely N-dealkylation sites (N-methyl/N-ethyl adjacent to an activating group) is 1. The Kier molecular flexibility index (Phi) is 5.15. The van der Waals surface area contributed by atoms with E-state index in [1.54, 1.807) is 6.92 Å². The van der Waals surface area contributed by atoms with Gasteiger partial charge in [0.1, 0.15) is 5.82 Å². The number of sulfone groups is 1. The maximum atomic E-state index is 13.1. The van der Waals surface area contributed by atoms with Crippen LogP contribution in [0, 0.1) is 5.82 Å². The van der Waals surface area contributed by atoms with Gasteiger partial charge in [-0.1, -0.05) is 13.0 Å². The first kappa shape index (κ1) is 16.9. The van der Waals surface area contributed by atoms with Gasteiger partial charge in [0, 0.05) is 6.04 Å². The number of benzene rings is 1. The van der Waals surface area contributed by atoms with Crippen LogP contribution >= 0.6 is 0 Å². The van der Waals surface area contributed by atoms with E-state index in [-0.39, 0.29) is 18.0 Å². The zero-order valence-electron chi connectivity index (χ0n) is 11.0. The molecule has 8 heteroatoms. The van der Waals surface area contributed by atoms with Crippen molar-refractivity contribution in [3.63, 3.8) is 0 Å². The number of halogens is 4. The van der Waals surface area contributed by atoms with Crippen LogP contribution in [-0.2, 0) is 16.3 Å². The first-order valence-electron chi connectivity index (χ1n) is 5.92. The molecule has 1 N–H and O–H groups in total. The van der Waals surface area contributed by atoms with Gasteiger partial charge in [0.2, 0.25) is 0 Å². The number of nitrogens with one attached hydrogen (secondary N) is 1. The van der Waals surface area contributed by atoms with Crippen molar-refractivity contribution in [3.05, 3.63) is 29.6 Å². The molecule has 0 aliphatic rings.